The molecule has 1 atom stereocenters. The highest BCUT2D eigenvalue weighted by atomic mass is 32.2. The Morgan fingerprint density at radius 2 is 2.33 bits per heavy atom. The van der Waals surface area contributed by atoms with Gasteiger partial charge in [-0.1, -0.05) is 13.0 Å². The first-order chi connectivity index (χ1) is 7.36. The highest BCUT2D eigenvalue weighted by Gasteiger charge is 2.07. The van der Waals surface area contributed by atoms with E-state index in [-0.39, 0.29) is 0 Å². The lowest BCUT2D eigenvalue weighted by molar-refractivity contribution is 0.485. The molecule has 0 spiro atoms. The molecule has 0 saturated heterocycles. The Kier molecular flexibility index (Phi) is 7.14. The van der Waals surface area contributed by atoms with Gasteiger partial charge in [0.25, 0.3) is 0 Å². The second-order valence-electron chi connectivity index (χ2n) is 3.65. The fraction of sp³-hybridized carbons (Fsp3) is 0.667. The summed E-state index contributed by atoms with van der Waals surface area (Å²) in [5.41, 5.74) is 0. The largest absolute Gasteiger partial charge is 0.314 e. The van der Waals surface area contributed by atoms with Crippen molar-refractivity contribution in [3.8, 4) is 0 Å². The van der Waals surface area contributed by atoms with E-state index in [0.717, 1.165) is 6.54 Å². The van der Waals surface area contributed by atoms with Crippen molar-refractivity contribution in [1.82, 2.24) is 5.32 Å². The van der Waals surface area contributed by atoms with Crippen LogP contribution in [0, 0.1) is 0 Å². The second-order valence-corrected chi connectivity index (χ2v) is 5.67. The molecule has 86 valence electrons. The van der Waals surface area contributed by atoms with E-state index in [1.807, 2.05) is 23.1 Å². The summed E-state index contributed by atoms with van der Waals surface area (Å²) in [4.78, 5) is 1.52. The van der Waals surface area contributed by atoms with Crippen molar-refractivity contribution in [2.45, 2.75) is 32.2 Å². The average molecular weight is 243 g/mol. The van der Waals surface area contributed by atoms with Crippen molar-refractivity contribution in [2.75, 3.05) is 18.6 Å². The Hall–Kier alpha value is 0.01000. The number of thiophene rings is 1. The third-order valence-corrected chi connectivity index (χ3v) is 4.06. The summed E-state index contributed by atoms with van der Waals surface area (Å²) in [5, 5.41) is 5.74. The van der Waals surface area contributed by atoms with Gasteiger partial charge in [-0.2, -0.15) is 11.8 Å². The molecule has 0 saturated carbocycles. The normalized spacial score (nSPS) is 12.9. The molecule has 0 radical (unpaired) electrons. The SMILES string of the molecule is CCNC(CCSC)CCc1cccs1. The van der Waals surface area contributed by atoms with Crippen LogP contribution in [-0.2, 0) is 6.42 Å². The number of hydrogen-bond donors (Lipinski definition) is 1. The Morgan fingerprint density at radius 3 is 2.93 bits per heavy atom. The zero-order chi connectivity index (χ0) is 10.9. The lowest BCUT2D eigenvalue weighted by Gasteiger charge is -2.16. The van der Waals surface area contributed by atoms with Gasteiger partial charge in [-0.05, 0) is 49.3 Å². The first kappa shape index (κ1) is 13.1. The molecule has 0 bridgehead atoms. The fourth-order valence-electron chi connectivity index (χ4n) is 1.67. The molecule has 0 aliphatic heterocycles. The van der Waals surface area contributed by atoms with Gasteiger partial charge in [-0.15, -0.1) is 11.3 Å². The van der Waals surface area contributed by atoms with E-state index < -0.39 is 0 Å². The molecule has 1 nitrogen and oxygen atoms in total. The zero-order valence-electron chi connectivity index (χ0n) is 9.66. The Bertz CT molecular complexity index is 234. The van der Waals surface area contributed by atoms with Crippen LogP contribution < -0.4 is 5.32 Å². The summed E-state index contributed by atoms with van der Waals surface area (Å²) >= 11 is 3.82. The van der Waals surface area contributed by atoms with Crippen LogP contribution in [0.15, 0.2) is 17.5 Å². The molecule has 1 aromatic rings. The molecule has 0 amide bonds. The van der Waals surface area contributed by atoms with Crippen LogP contribution in [-0.4, -0.2) is 24.6 Å². The molecule has 3 heteroatoms. The van der Waals surface area contributed by atoms with E-state index in [4.69, 9.17) is 0 Å². The number of thioether (sulfide) groups is 1. The molecule has 1 aromatic heterocycles. The molecule has 1 heterocycles. The molecule has 1 N–H and O–H groups in total. The molecular formula is C12H21NS2. The lowest BCUT2D eigenvalue weighted by Crippen LogP contribution is -2.29. The maximum Gasteiger partial charge on any atom is 0.00782 e. The monoisotopic (exact) mass is 243 g/mol. The van der Waals surface area contributed by atoms with Crippen molar-refractivity contribution >= 4 is 23.1 Å². The summed E-state index contributed by atoms with van der Waals surface area (Å²) in [6.07, 6.45) is 5.97. The molecule has 0 aliphatic rings. The first-order valence-electron chi connectivity index (χ1n) is 5.61. The number of nitrogens with one attached hydrogen (secondary N) is 1. The molecule has 0 fully saturated rings. The molecule has 1 rings (SSSR count). The Labute approximate surface area is 102 Å². The van der Waals surface area contributed by atoms with E-state index in [9.17, 15) is 0 Å². The van der Waals surface area contributed by atoms with Crippen LogP contribution >= 0.6 is 23.1 Å². The van der Waals surface area contributed by atoms with Crippen LogP contribution in [0.25, 0.3) is 0 Å². The van der Waals surface area contributed by atoms with Crippen LogP contribution in [0.2, 0.25) is 0 Å². The highest BCUT2D eigenvalue weighted by molar-refractivity contribution is 7.98. The van der Waals surface area contributed by atoms with Crippen molar-refractivity contribution in [3.05, 3.63) is 22.4 Å². The molecular weight excluding hydrogens is 222 g/mol. The smallest absolute Gasteiger partial charge is 0.00782 e. The van der Waals surface area contributed by atoms with E-state index in [0.29, 0.717) is 6.04 Å². The van der Waals surface area contributed by atoms with Crippen LogP contribution in [0.4, 0.5) is 0 Å². The number of hydrogen-bond acceptors (Lipinski definition) is 3. The van der Waals surface area contributed by atoms with E-state index >= 15 is 0 Å². The van der Waals surface area contributed by atoms with Crippen molar-refractivity contribution in [3.63, 3.8) is 0 Å². The van der Waals surface area contributed by atoms with Crippen molar-refractivity contribution < 1.29 is 0 Å². The number of rotatable bonds is 8. The summed E-state index contributed by atoms with van der Waals surface area (Å²) in [6.45, 7) is 3.28. The van der Waals surface area contributed by atoms with Gasteiger partial charge in [0.2, 0.25) is 0 Å². The zero-order valence-corrected chi connectivity index (χ0v) is 11.3. The minimum absolute atomic E-state index is 0.699. The molecule has 0 aliphatic carbocycles. The maximum atomic E-state index is 3.57. The summed E-state index contributed by atoms with van der Waals surface area (Å²) in [6, 6.07) is 5.08. The molecule has 1 unspecified atom stereocenters. The second kappa shape index (κ2) is 8.20. The van der Waals surface area contributed by atoms with Gasteiger partial charge in [0.1, 0.15) is 0 Å². The standard InChI is InChI=1S/C12H21NS2/c1-3-13-11(8-10-14-2)6-7-12-5-4-9-15-12/h4-5,9,11,13H,3,6-8,10H2,1-2H3. The van der Waals surface area contributed by atoms with Crippen molar-refractivity contribution in [1.29, 1.82) is 0 Å². The van der Waals surface area contributed by atoms with E-state index in [1.165, 1.54) is 29.9 Å². The minimum atomic E-state index is 0.699. The number of aryl methyl sites for hydroxylation is 1. The minimum Gasteiger partial charge on any atom is -0.314 e. The van der Waals surface area contributed by atoms with Gasteiger partial charge in [0.15, 0.2) is 0 Å². The lowest BCUT2D eigenvalue weighted by atomic mass is 10.1. The summed E-state index contributed by atoms with van der Waals surface area (Å²) < 4.78 is 0. The van der Waals surface area contributed by atoms with Crippen LogP contribution in [0.1, 0.15) is 24.6 Å². The van der Waals surface area contributed by atoms with E-state index in [1.54, 1.807) is 0 Å². The summed E-state index contributed by atoms with van der Waals surface area (Å²) in [7, 11) is 0. The summed E-state index contributed by atoms with van der Waals surface area (Å²) in [5.74, 6) is 1.27. The first-order valence-corrected chi connectivity index (χ1v) is 7.88. The van der Waals surface area contributed by atoms with Gasteiger partial charge in [0.05, 0.1) is 0 Å². The van der Waals surface area contributed by atoms with E-state index in [2.05, 4.69) is 36.0 Å². The third kappa shape index (κ3) is 5.59. The molecule has 0 aromatic carbocycles. The fourth-order valence-corrected chi connectivity index (χ4v) is 2.91. The maximum absolute atomic E-state index is 3.57. The Balaban J connectivity index is 2.24. The van der Waals surface area contributed by atoms with Crippen molar-refractivity contribution in [2.24, 2.45) is 0 Å². The van der Waals surface area contributed by atoms with Gasteiger partial charge >= 0.3 is 0 Å². The third-order valence-electron chi connectivity index (χ3n) is 2.48. The quantitative estimate of drug-likeness (QED) is 0.751. The van der Waals surface area contributed by atoms with Gasteiger partial charge in [-0.3, -0.25) is 0 Å². The Morgan fingerprint density at radius 1 is 1.47 bits per heavy atom. The topological polar surface area (TPSA) is 12.0 Å². The van der Waals surface area contributed by atoms with Gasteiger partial charge < -0.3 is 5.32 Å². The highest BCUT2D eigenvalue weighted by Crippen LogP contribution is 2.14. The van der Waals surface area contributed by atoms with Gasteiger partial charge in [-0.25, -0.2) is 0 Å². The van der Waals surface area contributed by atoms with Gasteiger partial charge in [0, 0.05) is 10.9 Å². The molecule has 15 heavy (non-hydrogen) atoms. The predicted octanol–water partition coefficient (Wildman–Crippen LogP) is 3.41. The van der Waals surface area contributed by atoms with Crippen LogP contribution in [0.3, 0.4) is 0 Å². The predicted molar refractivity (Wildman–Crippen MR) is 73.1 cm³/mol. The van der Waals surface area contributed by atoms with Crippen LogP contribution in [0.5, 0.6) is 0 Å². The average Bonchev–Trinajstić information content (AvgIpc) is 2.75.